The maximum absolute atomic E-state index is 15.4. The van der Waals surface area contributed by atoms with Gasteiger partial charge in [0.25, 0.3) is 5.56 Å². The lowest BCUT2D eigenvalue weighted by Gasteiger charge is -2.29. The Balaban J connectivity index is 1.91. The number of benzene rings is 1. The number of para-hydroxylation sites is 1. The van der Waals surface area contributed by atoms with Gasteiger partial charge in [0.05, 0.1) is 12.7 Å². The van der Waals surface area contributed by atoms with E-state index in [-0.39, 0.29) is 5.75 Å². The van der Waals surface area contributed by atoms with Crippen LogP contribution in [0.3, 0.4) is 0 Å². The highest BCUT2D eigenvalue weighted by Gasteiger charge is 2.57. The number of carbonyl (C=O) groups is 1. The van der Waals surface area contributed by atoms with Crippen molar-refractivity contribution in [2.45, 2.75) is 57.1 Å². The molecule has 2 aromatic rings. The monoisotopic (exact) mass is 556 g/mol. The van der Waals surface area contributed by atoms with Gasteiger partial charge < -0.3 is 19.1 Å². The third-order valence-corrected chi connectivity index (χ3v) is 6.78. The fraction of sp³-hybridized carbons (Fsp3) is 0.476. The first kappa shape index (κ1) is 29.0. The number of alkyl halides is 1. The lowest BCUT2D eigenvalue weighted by Crippen LogP contribution is -2.43. The summed E-state index contributed by atoms with van der Waals surface area (Å²) in [5, 5.41) is 16.1. The third-order valence-electron chi connectivity index (χ3n) is 5.15. The van der Waals surface area contributed by atoms with Gasteiger partial charge in [0.1, 0.15) is 17.9 Å². The first-order valence-electron chi connectivity index (χ1n) is 11.2. The number of aromatic nitrogens is 2. The minimum Gasteiger partial charge on any atom is -0.462 e. The van der Waals surface area contributed by atoms with Gasteiger partial charge in [0, 0.05) is 17.2 Å². The van der Waals surface area contributed by atoms with Gasteiger partial charge in [-0.1, -0.05) is 23.3 Å². The van der Waals surface area contributed by atoms with Gasteiger partial charge in [-0.05, 0) is 38.4 Å². The molecule has 0 radical (unpaired) electrons. The number of nitrogens with one attached hydrogen (secondary N) is 2. The zero-order chi connectivity index (χ0) is 28.1. The molecule has 0 bridgehead atoms. The molecule has 0 saturated carbocycles. The van der Waals surface area contributed by atoms with Gasteiger partial charge in [-0.25, -0.2) is 13.8 Å². The second-order valence-electron chi connectivity index (χ2n) is 8.46. The average Bonchev–Trinajstić information content (AvgIpc) is 3.09. The van der Waals surface area contributed by atoms with E-state index in [4.69, 9.17) is 24.1 Å². The van der Waals surface area contributed by atoms with Crippen LogP contribution in [-0.2, 0) is 23.4 Å². The molecule has 1 fully saturated rings. The van der Waals surface area contributed by atoms with Crippen molar-refractivity contribution in [1.82, 2.24) is 14.6 Å². The zero-order valence-electron chi connectivity index (χ0n) is 20.5. The number of azide groups is 1. The number of rotatable bonds is 11. The average molecular weight is 556 g/mol. The largest absolute Gasteiger partial charge is 0.462 e. The molecule has 3 N–H and O–H groups in total. The second-order valence-corrected chi connectivity index (χ2v) is 10.2. The first-order chi connectivity index (χ1) is 17.9. The molecule has 15 nitrogen and oxygen atoms in total. The van der Waals surface area contributed by atoms with E-state index in [0.717, 1.165) is 12.3 Å². The van der Waals surface area contributed by atoms with Gasteiger partial charge in [-0.2, -0.15) is 5.09 Å². The summed E-state index contributed by atoms with van der Waals surface area (Å²) in [6, 6.07) is 7.36. The number of aliphatic hydroxyl groups excluding tert-OH is 1. The molecule has 0 aliphatic carbocycles. The fourth-order valence-electron chi connectivity index (χ4n) is 3.41. The Labute approximate surface area is 214 Å². The molecule has 1 aromatic carbocycles. The Hall–Kier alpha value is -3.52. The molecule has 38 heavy (non-hydrogen) atoms. The summed E-state index contributed by atoms with van der Waals surface area (Å²) in [7, 11) is -4.55. The van der Waals surface area contributed by atoms with Crippen LogP contribution >= 0.6 is 7.75 Å². The number of hydrogen-bond donors (Lipinski definition) is 3. The normalized spacial score (nSPS) is 25.3. The van der Waals surface area contributed by atoms with Crippen molar-refractivity contribution >= 4 is 13.7 Å². The standard InChI is InChI=1S/C21H26FN6O9P/c1-12(2)35-19(31)13(3)25-38(33,37-14-7-5-4-6-8-14)34-11-21(26-27-23)17(22)16(30)18(36-21)28-10-9-15(29)24-20(28)32/h4-10,12-13,16-18,30H,11H2,1-3H3,(H,25,33)(H,24,29,32)/t13-,16+,17-,18+,21+,38?/m0/s1. The molecule has 206 valence electrons. The van der Waals surface area contributed by atoms with E-state index in [1.54, 1.807) is 32.0 Å². The van der Waals surface area contributed by atoms with Crippen molar-refractivity contribution in [1.29, 1.82) is 0 Å². The molecule has 3 rings (SSSR count). The number of carbonyl (C=O) groups excluding carboxylic acids is 1. The summed E-state index contributed by atoms with van der Waals surface area (Å²) in [5.41, 5.74) is 4.67. The molecule has 17 heteroatoms. The molecule has 1 aliphatic rings. The van der Waals surface area contributed by atoms with E-state index in [0.29, 0.717) is 4.57 Å². The predicted molar refractivity (Wildman–Crippen MR) is 129 cm³/mol. The topological polar surface area (TPSA) is 207 Å². The number of halogens is 1. The van der Waals surface area contributed by atoms with Gasteiger partial charge in [-0.15, -0.1) is 0 Å². The quantitative estimate of drug-likeness (QED) is 0.120. The van der Waals surface area contributed by atoms with Crippen molar-refractivity contribution in [2.75, 3.05) is 6.61 Å². The Morgan fingerprint density at radius 3 is 2.63 bits per heavy atom. The molecular formula is C21H26FN6O9P. The van der Waals surface area contributed by atoms with Crippen LogP contribution in [0.15, 0.2) is 57.3 Å². The number of hydrogen-bond acceptors (Lipinski definition) is 10. The first-order valence-corrected chi connectivity index (χ1v) is 12.8. The minimum atomic E-state index is -4.55. The highest BCUT2D eigenvalue weighted by atomic mass is 31.2. The van der Waals surface area contributed by atoms with Crippen molar-refractivity contribution in [2.24, 2.45) is 5.11 Å². The number of esters is 1. The summed E-state index contributed by atoms with van der Waals surface area (Å²) in [6.45, 7) is 3.45. The van der Waals surface area contributed by atoms with E-state index < -0.39 is 67.9 Å². The molecule has 1 saturated heterocycles. The smallest absolute Gasteiger partial charge is 0.459 e. The van der Waals surface area contributed by atoms with Gasteiger partial charge in [-0.3, -0.25) is 23.7 Å². The number of H-pyrrole nitrogens is 1. The number of aromatic amines is 1. The molecule has 2 heterocycles. The van der Waals surface area contributed by atoms with Crippen molar-refractivity contribution in [3.63, 3.8) is 0 Å². The summed E-state index contributed by atoms with van der Waals surface area (Å²) >= 11 is 0. The SMILES string of the molecule is CC(C)OC(=O)[C@H](C)NP(=O)(OC[C@@]1(N=[N+]=[N-])O[C@@H](n2ccc(=O)[nH]c2=O)[C@H](O)[C@@H]1F)Oc1ccccc1. The molecule has 6 atom stereocenters. The van der Waals surface area contributed by atoms with Crippen molar-refractivity contribution in [3.05, 3.63) is 73.9 Å². The Morgan fingerprint density at radius 2 is 2.03 bits per heavy atom. The second kappa shape index (κ2) is 11.9. The van der Waals surface area contributed by atoms with Crippen LogP contribution in [0, 0.1) is 0 Å². The molecule has 1 unspecified atom stereocenters. The van der Waals surface area contributed by atoms with Gasteiger partial charge in [0.2, 0.25) is 5.72 Å². The zero-order valence-corrected chi connectivity index (χ0v) is 21.4. The van der Waals surface area contributed by atoms with Crippen molar-refractivity contribution in [3.8, 4) is 5.75 Å². The van der Waals surface area contributed by atoms with Gasteiger partial charge in [0.15, 0.2) is 12.4 Å². The van der Waals surface area contributed by atoms with Crippen LogP contribution in [-0.4, -0.2) is 57.4 Å². The molecule has 0 spiro atoms. The summed E-state index contributed by atoms with van der Waals surface area (Å²) in [4.78, 5) is 40.3. The maximum atomic E-state index is 15.4. The summed E-state index contributed by atoms with van der Waals surface area (Å²) in [6.07, 6.45) is -5.86. The highest BCUT2D eigenvalue weighted by Crippen LogP contribution is 2.48. The lowest BCUT2D eigenvalue weighted by molar-refractivity contribution is -0.149. The maximum Gasteiger partial charge on any atom is 0.459 e. The lowest BCUT2D eigenvalue weighted by atomic mass is 10.1. The van der Waals surface area contributed by atoms with Crippen LogP contribution in [0.5, 0.6) is 5.75 Å². The van der Waals surface area contributed by atoms with Crippen LogP contribution < -0.4 is 20.9 Å². The summed E-state index contributed by atoms with van der Waals surface area (Å²) < 4.78 is 51.1. The Bertz CT molecular complexity index is 1350. The third kappa shape index (κ3) is 6.67. The summed E-state index contributed by atoms with van der Waals surface area (Å²) in [5.74, 6) is -0.744. The van der Waals surface area contributed by atoms with E-state index in [2.05, 4.69) is 15.1 Å². The number of aliphatic hydroxyl groups is 1. The molecule has 1 aromatic heterocycles. The molecule has 0 amide bonds. The molecular weight excluding hydrogens is 530 g/mol. The van der Waals surface area contributed by atoms with E-state index in [9.17, 15) is 24.1 Å². The number of nitrogens with zero attached hydrogens (tertiary/aromatic N) is 4. The van der Waals surface area contributed by atoms with Crippen LogP contribution in [0.1, 0.15) is 27.0 Å². The number of ether oxygens (including phenoxy) is 2. The van der Waals surface area contributed by atoms with E-state index >= 15 is 4.39 Å². The fourth-order valence-corrected chi connectivity index (χ4v) is 4.93. The van der Waals surface area contributed by atoms with E-state index in [1.807, 2.05) is 4.98 Å². The molecule has 1 aliphatic heterocycles. The Kier molecular flexibility index (Phi) is 9.09. The minimum absolute atomic E-state index is 0.0486. The van der Waals surface area contributed by atoms with Crippen LogP contribution in [0.4, 0.5) is 4.39 Å². The van der Waals surface area contributed by atoms with Crippen LogP contribution in [0.2, 0.25) is 0 Å². The van der Waals surface area contributed by atoms with Gasteiger partial charge >= 0.3 is 19.4 Å². The predicted octanol–water partition coefficient (Wildman–Crippen LogP) is 1.90. The Morgan fingerprint density at radius 1 is 1.34 bits per heavy atom. The highest BCUT2D eigenvalue weighted by molar-refractivity contribution is 7.52. The van der Waals surface area contributed by atoms with E-state index in [1.165, 1.54) is 19.1 Å². The van der Waals surface area contributed by atoms with Crippen LogP contribution in [0.25, 0.3) is 10.4 Å². The van der Waals surface area contributed by atoms with Crippen molar-refractivity contribution < 1.29 is 37.4 Å².